The van der Waals surface area contributed by atoms with Crippen molar-refractivity contribution in [3.63, 3.8) is 0 Å². The van der Waals surface area contributed by atoms with Crippen LogP contribution in [-0.2, 0) is 9.84 Å². The van der Waals surface area contributed by atoms with Gasteiger partial charge in [-0.25, -0.2) is 12.8 Å². The number of aliphatic hydroxyl groups is 1. The van der Waals surface area contributed by atoms with E-state index in [1.165, 1.54) is 6.07 Å². The minimum atomic E-state index is -2.96. The smallest absolute Gasteiger partial charge is 0.150 e. The Morgan fingerprint density at radius 1 is 1.42 bits per heavy atom. The van der Waals surface area contributed by atoms with Gasteiger partial charge >= 0.3 is 0 Å². The molecule has 0 radical (unpaired) electrons. The second-order valence-corrected chi connectivity index (χ2v) is 7.73. The SMILES string of the molecule is Cc1cc(C)c(C(O)CC2CCS(=O)(=O)C2)c(F)c1. The summed E-state index contributed by atoms with van der Waals surface area (Å²) in [5, 5.41) is 10.2. The molecule has 2 rings (SSSR count). The molecule has 1 saturated heterocycles. The normalized spacial score (nSPS) is 23.5. The molecule has 1 aliphatic heterocycles. The fraction of sp³-hybridized carbons (Fsp3) is 0.571. The minimum Gasteiger partial charge on any atom is -0.388 e. The molecule has 19 heavy (non-hydrogen) atoms. The first-order valence-corrected chi connectivity index (χ1v) is 8.26. The lowest BCUT2D eigenvalue weighted by Crippen LogP contribution is -2.12. The van der Waals surface area contributed by atoms with Crippen molar-refractivity contribution in [2.45, 2.75) is 32.8 Å². The van der Waals surface area contributed by atoms with E-state index in [1.54, 1.807) is 13.8 Å². The summed E-state index contributed by atoms with van der Waals surface area (Å²) >= 11 is 0. The molecule has 0 spiro atoms. The summed E-state index contributed by atoms with van der Waals surface area (Å²) in [5.74, 6) is -0.193. The molecule has 106 valence electrons. The first kappa shape index (κ1) is 14.5. The molecule has 1 N–H and O–H groups in total. The van der Waals surface area contributed by atoms with Crippen LogP contribution in [-0.4, -0.2) is 25.0 Å². The first-order chi connectivity index (χ1) is 8.78. The van der Waals surface area contributed by atoms with E-state index in [1.807, 2.05) is 6.07 Å². The largest absolute Gasteiger partial charge is 0.388 e. The van der Waals surface area contributed by atoms with Crippen molar-refractivity contribution >= 4 is 9.84 Å². The number of hydrogen-bond acceptors (Lipinski definition) is 3. The molecule has 1 aliphatic rings. The molecule has 2 unspecified atom stereocenters. The third-order valence-corrected chi connectivity index (χ3v) is 5.53. The van der Waals surface area contributed by atoms with Crippen LogP contribution in [0, 0.1) is 25.6 Å². The van der Waals surface area contributed by atoms with E-state index in [0.717, 1.165) is 5.56 Å². The summed E-state index contributed by atoms with van der Waals surface area (Å²) in [7, 11) is -2.96. The molecular weight excluding hydrogens is 267 g/mol. The van der Waals surface area contributed by atoms with Gasteiger partial charge in [-0.05, 0) is 49.8 Å². The molecule has 2 atom stereocenters. The molecule has 0 aliphatic carbocycles. The summed E-state index contributed by atoms with van der Waals surface area (Å²) in [5.41, 5.74) is 1.83. The van der Waals surface area contributed by atoms with Crippen molar-refractivity contribution in [1.29, 1.82) is 0 Å². The summed E-state index contributed by atoms with van der Waals surface area (Å²) in [6, 6.07) is 3.23. The standard InChI is InChI=1S/C14H19FO3S/c1-9-5-10(2)14(12(15)6-9)13(16)7-11-3-4-19(17,18)8-11/h5-6,11,13,16H,3-4,7-8H2,1-2H3. The number of hydrogen-bond donors (Lipinski definition) is 1. The molecule has 1 fully saturated rings. The topological polar surface area (TPSA) is 54.4 Å². The van der Waals surface area contributed by atoms with Gasteiger partial charge in [0, 0.05) is 5.56 Å². The highest BCUT2D eigenvalue weighted by atomic mass is 32.2. The summed E-state index contributed by atoms with van der Waals surface area (Å²) in [6.45, 7) is 3.57. The van der Waals surface area contributed by atoms with Gasteiger partial charge < -0.3 is 5.11 Å². The lowest BCUT2D eigenvalue weighted by molar-refractivity contribution is 0.144. The highest BCUT2D eigenvalue weighted by Gasteiger charge is 2.30. The van der Waals surface area contributed by atoms with Crippen LogP contribution in [0.2, 0.25) is 0 Å². The Hall–Kier alpha value is -0.940. The van der Waals surface area contributed by atoms with Crippen LogP contribution >= 0.6 is 0 Å². The van der Waals surface area contributed by atoms with E-state index in [-0.39, 0.29) is 17.4 Å². The predicted molar refractivity (Wildman–Crippen MR) is 72.2 cm³/mol. The maximum atomic E-state index is 13.9. The van der Waals surface area contributed by atoms with Crippen LogP contribution in [0.25, 0.3) is 0 Å². The van der Waals surface area contributed by atoms with Gasteiger partial charge in [0.1, 0.15) is 5.82 Å². The lowest BCUT2D eigenvalue weighted by Gasteiger charge is -2.18. The van der Waals surface area contributed by atoms with Crippen molar-refractivity contribution in [2.24, 2.45) is 5.92 Å². The van der Waals surface area contributed by atoms with Crippen molar-refractivity contribution in [1.82, 2.24) is 0 Å². The zero-order chi connectivity index (χ0) is 14.2. The van der Waals surface area contributed by atoms with Crippen LogP contribution in [0.1, 0.15) is 35.6 Å². The van der Waals surface area contributed by atoms with Gasteiger partial charge in [-0.1, -0.05) is 6.07 Å². The van der Waals surface area contributed by atoms with Crippen molar-refractivity contribution in [3.05, 3.63) is 34.6 Å². The molecule has 0 saturated carbocycles. The number of aliphatic hydroxyl groups excluding tert-OH is 1. The molecule has 5 heteroatoms. The molecule has 1 heterocycles. The van der Waals surface area contributed by atoms with Gasteiger partial charge in [-0.3, -0.25) is 0 Å². The van der Waals surface area contributed by atoms with Gasteiger partial charge in [0.05, 0.1) is 17.6 Å². The second kappa shape index (κ2) is 5.21. The Labute approximate surface area is 113 Å². The van der Waals surface area contributed by atoms with E-state index in [4.69, 9.17) is 0 Å². The number of halogens is 1. The monoisotopic (exact) mass is 286 g/mol. The van der Waals surface area contributed by atoms with Gasteiger partial charge in [0.2, 0.25) is 0 Å². The van der Waals surface area contributed by atoms with Gasteiger partial charge in [0.25, 0.3) is 0 Å². The van der Waals surface area contributed by atoms with Crippen LogP contribution in [0.4, 0.5) is 4.39 Å². The lowest BCUT2D eigenvalue weighted by atomic mass is 9.93. The maximum Gasteiger partial charge on any atom is 0.150 e. The minimum absolute atomic E-state index is 0.0693. The molecule has 1 aromatic rings. The van der Waals surface area contributed by atoms with Crippen molar-refractivity contribution in [2.75, 3.05) is 11.5 Å². The summed E-state index contributed by atoms with van der Waals surface area (Å²) in [6.07, 6.45) is -0.0645. The molecule has 0 amide bonds. The highest BCUT2D eigenvalue weighted by molar-refractivity contribution is 7.91. The number of rotatable bonds is 3. The van der Waals surface area contributed by atoms with Crippen LogP contribution in [0.3, 0.4) is 0 Å². The van der Waals surface area contributed by atoms with Crippen molar-refractivity contribution < 1.29 is 17.9 Å². The van der Waals surface area contributed by atoms with Crippen molar-refractivity contribution in [3.8, 4) is 0 Å². The fourth-order valence-electron chi connectivity index (χ4n) is 2.84. The van der Waals surface area contributed by atoms with Gasteiger partial charge in [0.15, 0.2) is 9.84 Å². The Bertz CT molecular complexity index is 557. The average Bonchev–Trinajstić information content (AvgIpc) is 2.56. The van der Waals surface area contributed by atoms with Crippen LogP contribution in [0.15, 0.2) is 12.1 Å². The summed E-state index contributed by atoms with van der Waals surface area (Å²) in [4.78, 5) is 0. The second-order valence-electron chi connectivity index (χ2n) is 5.50. The Balaban J connectivity index is 2.15. The number of aryl methyl sites for hydroxylation is 2. The maximum absolute atomic E-state index is 13.9. The molecule has 1 aromatic carbocycles. The van der Waals surface area contributed by atoms with Crippen LogP contribution < -0.4 is 0 Å². The molecular formula is C14H19FO3S. The molecule has 0 bridgehead atoms. The Morgan fingerprint density at radius 3 is 2.63 bits per heavy atom. The van der Waals surface area contributed by atoms with Gasteiger partial charge in [-0.2, -0.15) is 0 Å². The highest BCUT2D eigenvalue weighted by Crippen LogP contribution is 2.32. The molecule has 0 aromatic heterocycles. The third-order valence-electron chi connectivity index (χ3n) is 3.70. The van der Waals surface area contributed by atoms with E-state index in [2.05, 4.69) is 0 Å². The third kappa shape index (κ3) is 3.34. The van der Waals surface area contributed by atoms with E-state index in [9.17, 15) is 17.9 Å². The van der Waals surface area contributed by atoms with E-state index < -0.39 is 21.8 Å². The first-order valence-electron chi connectivity index (χ1n) is 6.43. The Morgan fingerprint density at radius 2 is 2.11 bits per heavy atom. The zero-order valence-electron chi connectivity index (χ0n) is 11.2. The Kier molecular flexibility index (Phi) is 3.97. The van der Waals surface area contributed by atoms with E-state index >= 15 is 0 Å². The van der Waals surface area contributed by atoms with Crippen LogP contribution in [0.5, 0.6) is 0 Å². The molecule has 3 nitrogen and oxygen atoms in total. The average molecular weight is 286 g/mol. The number of sulfone groups is 1. The summed E-state index contributed by atoms with van der Waals surface area (Å²) < 4.78 is 36.7. The zero-order valence-corrected chi connectivity index (χ0v) is 12.0. The van der Waals surface area contributed by atoms with E-state index in [0.29, 0.717) is 24.0 Å². The predicted octanol–water partition coefficient (Wildman–Crippen LogP) is 2.30. The number of benzene rings is 1. The van der Waals surface area contributed by atoms with Gasteiger partial charge in [-0.15, -0.1) is 0 Å². The fourth-order valence-corrected chi connectivity index (χ4v) is 4.72. The quantitative estimate of drug-likeness (QED) is 0.927.